The van der Waals surface area contributed by atoms with Crippen LogP contribution >= 0.6 is 7.60 Å². The number of carbonyl (C=O) groups excluding carboxylic acids is 2. The molecule has 14 heteroatoms. The van der Waals surface area contributed by atoms with Crippen LogP contribution in [0.4, 0.5) is 13.2 Å². The SMILES string of the molecule is C=C1NC(=O)C(F)=CN1[C@@H]1O[C@H]([C@@H](C)O[P@](=O)(C[C@@H](C)C(=O)OC(C)C)Oc2ccccc2)[C@H](O)C1(F)CF. The monoisotopic (exact) mass is 576 g/mol. The molecule has 2 aliphatic heterocycles. The molecule has 10 nitrogen and oxygen atoms in total. The van der Waals surface area contributed by atoms with Gasteiger partial charge in [0.25, 0.3) is 5.91 Å². The number of nitrogens with one attached hydrogen (secondary N) is 1. The number of para-hydroxylation sites is 1. The van der Waals surface area contributed by atoms with Crippen LogP contribution in [-0.4, -0.2) is 71.0 Å². The Morgan fingerprint density at radius 1 is 1.28 bits per heavy atom. The van der Waals surface area contributed by atoms with E-state index in [1.807, 2.05) is 5.32 Å². The van der Waals surface area contributed by atoms with Crippen LogP contribution in [0.25, 0.3) is 0 Å². The van der Waals surface area contributed by atoms with E-state index in [4.69, 9.17) is 18.5 Å². The van der Waals surface area contributed by atoms with Gasteiger partial charge in [0, 0.05) is 6.20 Å². The van der Waals surface area contributed by atoms with Crippen molar-refractivity contribution in [3.63, 3.8) is 0 Å². The van der Waals surface area contributed by atoms with E-state index in [1.165, 1.54) is 26.0 Å². The summed E-state index contributed by atoms with van der Waals surface area (Å²) in [6, 6.07) is 7.93. The predicted octanol–water partition coefficient (Wildman–Crippen LogP) is 3.73. The highest BCUT2D eigenvalue weighted by molar-refractivity contribution is 7.54. The highest BCUT2D eigenvalue weighted by Gasteiger charge is 2.62. The van der Waals surface area contributed by atoms with Gasteiger partial charge in [0.15, 0.2) is 6.23 Å². The normalized spacial score (nSPS) is 28.4. The fourth-order valence-corrected chi connectivity index (χ4v) is 6.20. The van der Waals surface area contributed by atoms with Crippen molar-refractivity contribution in [3.05, 3.63) is 54.8 Å². The number of amides is 1. The van der Waals surface area contributed by atoms with Gasteiger partial charge in [-0.05, 0) is 32.9 Å². The number of halogens is 3. The number of ether oxygens (including phenoxy) is 2. The molecule has 1 aromatic carbocycles. The standard InChI is InChI=1S/C25H32F3N2O8P/c1-14(2)35-23(33)15(3)12-39(34,38-18-9-7-6-8-10-18)37-16(4)20-21(31)25(28,13-26)24(36-20)30-11-19(27)22(32)29-17(30)5/h6-11,14-16,20-21,24,31H,5,12-13H2,1-4H3,(H,29,32)/t15-,16-,20-,21+,24-,25?,39-/m1/s1. The quantitative estimate of drug-likeness (QED) is 0.300. The Balaban J connectivity index is 1.87. The van der Waals surface area contributed by atoms with Gasteiger partial charge in [-0.1, -0.05) is 31.7 Å². The maximum atomic E-state index is 15.8. The van der Waals surface area contributed by atoms with Crippen molar-refractivity contribution < 1.29 is 51.0 Å². The third-order valence-corrected chi connectivity index (χ3v) is 8.16. The molecule has 7 atom stereocenters. The van der Waals surface area contributed by atoms with Gasteiger partial charge in [0.1, 0.15) is 30.5 Å². The molecule has 2 aliphatic rings. The van der Waals surface area contributed by atoms with Crippen LogP contribution in [0.5, 0.6) is 5.75 Å². The number of hydrogen-bond acceptors (Lipinski definition) is 9. The molecule has 2 N–H and O–H groups in total. The van der Waals surface area contributed by atoms with E-state index < -0.39 is 80.4 Å². The molecular weight excluding hydrogens is 544 g/mol. The molecule has 0 bridgehead atoms. The molecule has 0 saturated carbocycles. The lowest BCUT2D eigenvalue weighted by Gasteiger charge is -2.36. The van der Waals surface area contributed by atoms with Crippen molar-refractivity contribution in [1.29, 1.82) is 0 Å². The number of hydrogen-bond donors (Lipinski definition) is 2. The number of alkyl halides is 2. The molecule has 0 spiro atoms. The number of benzene rings is 1. The Bertz CT molecular complexity index is 1150. The number of nitrogens with zero attached hydrogens (tertiary/aromatic N) is 1. The molecule has 3 rings (SSSR count). The summed E-state index contributed by atoms with van der Waals surface area (Å²) < 4.78 is 79.8. The first kappa shape index (κ1) is 30.7. The number of carbonyl (C=O) groups is 2. The summed E-state index contributed by atoms with van der Waals surface area (Å²) in [6.45, 7) is 7.78. The first-order valence-electron chi connectivity index (χ1n) is 12.2. The number of aliphatic hydroxyl groups excluding tert-OH is 1. The van der Waals surface area contributed by atoms with Crippen molar-refractivity contribution in [2.24, 2.45) is 5.92 Å². The van der Waals surface area contributed by atoms with Gasteiger partial charge < -0.3 is 29.3 Å². The van der Waals surface area contributed by atoms with Crippen LogP contribution in [0.1, 0.15) is 27.7 Å². The molecule has 1 fully saturated rings. The van der Waals surface area contributed by atoms with E-state index in [9.17, 15) is 28.0 Å². The summed E-state index contributed by atoms with van der Waals surface area (Å²) in [5, 5.41) is 12.8. The maximum absolute atomic E-state index is 15.8. The second-order valence-electron chi connectivity index (χ2n) is 9.64. The zero-order valence-electron chi connectivity index (χ0n) is 21.9. The van der Waals surface area contributed by atoms with Gasteiger partial charge in [-0.2, -0.15) is 4.39 Å². The third-order valence-electron chi connectivity index (χ3n) is 6.02. The van der Waals surface area contributed by atoms with Gasteiger partial charge >= 0.3 is 13.6 Å². The average molecular weight is 577 g/mol. The van der Waals surface area contributed by atoms with Gasteiger partial charge in [-0.3, -0.25) is 14.1 Å². The molecule has 0 aliphatic carbocycles. The molecule has 0 aromatic heterocycles. The zero-order chi connectivity index (χ0) is 29.1. The van der Waals surface area contributed by atoms with E-state index in [1.54, 1.807) is 32.0 Å². The Morgan fingerprint density at radius 3 is 2.51 bits per heavy atom. The summed E-state index contributed by atoms with van der Waals surface area (Å²) >= 11 is 0. The van der Waals surface area contributed by atoms with E-state index >= 15 is 4.39 Å². The summed E-state index contributed by atoms with van der Waals surface area (Å²) in [6.07, 6.45) is -7.49. The molecule has 1 unspecified atom stereocenters. The minimum absolute atomic E-state index is 0.146. The molecule has 1 aromatic rings. The van der Waals surface area contributed by atoms with E-state index in [2.05, 4.69) is 6.58 Å². The van der Waals surface area contributed by atoms with E-state index in [0.717, 1.165) is 0 Å². The van der Waals surface area contributed by atoms with Crippen molar-refractivity contribution >= 4 is 19.5 Å². The highest BCUT2D eigenvalue weighted by Crippen LogP contribution is 2.53. The topological polar surface area (TPSA) is 124 Å². The fourth-order valence-electron chi connectivity index (χ4n) is 4.10. The molecule has 216 valence electrons. The first-order valence-corrected chi connectivity index (χ1v) is 13.9. The highest BCUT2D eigenvalue weighted by atomic mass is 31.2. The van der Waals surface area contributed by atoms with Gasteiger partial charge in [0.2, 0.25) is 11.5 Å². The van der Waals surface area contributed by atoms with Crippen molar-refractivity contribution in [2.75, 3.05) is 12.8 Å². The van der Waals surface area contributed by atoms with Gasteiger partial charge in [-0.15, -0.1) is 0 Å². The van der Waals surface area contributed by atoms with Crippen molar-refractivity contribution in [3.8, 4) is 5.75 Å². The molecule has 1 amide bonds. The van der Waals surface area contributed by atoms with Gasteiger partial charge in [0.05, 0.1) is 24.3 Å². The lowest BCUT2D eigenvalue weighted by molar-refractivity contribution is -0.151. The number of esters is 1. The van der Waals surface area contributed by atoms with Crippen LogP contribution in [-0.2, 0) is 28.2 Å². The van der Waals surface area contributed by atoms with Crippen molar-refractivity contribution in [2.45, 2.75) is 64.0 Å². The van der Waals surface area contributed by atoms with Crippen LogP contribution in [0, 0.1) is 5.92 Å². The lowest BCUT2D eigenvalue weighted by atomic mass is 9.95. The molecule has 0 radical (unpaired) electrons. The summed E-state index contributed by atoms with van der Waals surface area (Å²) in [4.78, 5) is 24.7. The Kier molecular flexibility index (Phi) is 9.53. The second-order valence-corrected chi connectivity index (χ2v) is 11.6. The number of rotatable bonds is 11. The van der Waals surface area contributed by atoms with Crippen LogP contribution in [0.15, 0.2) is 54.8 Å². The van der Waals surface area contributed by atoms with Crippen LogP contribution in [0.3, 0.4) is 0 Å². The molecule has 39 heavy (non-hydrogen) atoms. The smallest absolute Gasteiger partial charge is 0.380 e. The molecular formula is C25H32F3N2O8P. The largest absolute Gasteiger partial charge is 0.463 e. The summed E-state index contributed by atoms with van der Waals surface area (Å²) in [7, 11) is -4.23. The maximum Gasteiger partial charge on any atom is 0.380 e. The summed E-state index contributed by atoms with van der Waals surface area (Å²) in [5.41, 5.74) is -3.12. The van der Waals surface area contributed by atoms with Crippen molar-refractivity contribution in [1.82, 2.24) is 10.2 Å². The third kappa shape index (κ3) is 6.84. The molecule has 2 heterocycles. The number of aliphatic hydroxyl groups is 1. The van der Waals surface area contributed by atoms with Crippen LogP contribution in [0.2, 0.25) is 0 Å². The first-order chi connectivity index (χ1) is 18.2. The predicted molar refractivity (Wildman–Crippen MR) is 133 cm³/mol. The Labute approximate surface area is 224 Å². The minimum atomic E-state index is -4.23. The lowest BCUT2D eigenvalue weighted by Crippen LogP contribution is -2.54. The zero-order valence-corrected chi connectivity index (χ0v) is 22.8. The fraction of sp³-hybridized carbons (Fsp3) is 0.520. The van der Waals surface area contributed by atoms with Gasteiger partial charge in [-0.25, -0.2) is 13.3 Å². The Hall–Kier alpha value is -2.86. The second kappa shape index (κ2) is 12.1. The average Bonchev–Trinajstić information content (AvgIpc) is 3.12. The molecule has 1 saturated heterocycles. The summed E-state index contributed by atoms with van der Waals surface area (Å²) in [5.74, 6) is -4.24. The Morgan fingerprint density at radius 2 is 1.92 bits per heavy atom. The van der Waals surface area contributed by atoms with Crippen LogP contribution < -0.4 is 9.84 Å². The van der Waals surface area contributed by atoms with E-state index in [0.29, 0.717) is 11.1 Å². The van der Waals surface area contributed by atoms with E-state index in [-0.39, 0.29) is 11.6 Å². The minimum Gasteiger partial charge on any atom is -0.463 e.